The Bertz CT molecular complexity index is 954. The van der Waals surface area contributed by atoms with Gasteiger partial charge in [-0.15, -0.1) is 11.3 Å². The fourth-order valence-electron chi connectivity index (χ4n) is 2.43. The number of carbonyl (C=O) groups excluding carboxylic acids is 3. The van der Waals surface area contributed by atoms with E-state index >= 15 is 0 Å². The average Bonchev–Trinajstić information content (AvgIpc) is 3.23. The molecule has 0 radical (unpaired) electrons. The van der Waals surface area contributed by atoms with Gasteiger partial charge in [-0.1, -0.05) is 42.5 Å². The predicted molar refractivity (Wildman–Crippen MR) is 103 cm³/mol. The molecule has 6 nitrogen and oxygen atoms in total. The Hall–Kier alpha value is -3.19. The third-order valence-corrected chi connectivity index (χ3v) is 4.67. The molecule has 0 saturated carbocycles. The number of amides is 2. The fraction of sp³-hybridized carbons (Fsp3) is 0.150. The van der Waals surface area contributed by atoms with Gasteiger partial charge < -0.3 is 15.4 Å². The highest BCUT2D eigenvalue weighted by molar-refractivity contribution is 7.12. The molecule has 0 aliphatic rings. The molecule has 1 aromatic heterocycles. The topological polar surface area (TPSA) is 84.5 Å². The van der Waals surface area contributed by atoms with Crippen molar-refractivity contribution in [1.29, 1.82) is 0 Å². The molecule has 3 rings (SSSR count). The maximum absolute atomic E-state index is 11.8. The molecule has 0 saturated heterocycles. The van der Waals surface area contributed by atoms with Crippen molar-refractivity contribution in [3.05, 3.63) is 70.4 Å². The van der Waals surface area contributed by atoms with Crippen molar-refractivity contribution in [2.45, 2.75) is 6.61 Å². The summed E-state index contributed by atoms with van der Waals surface area (Å²) in [6, 6.07) is 17.2. The van der Waals surface area contributed by atoms with E-state index in [1.54, 1.807) is 17.5 Å². The molecule has 0 bridgehead atoms. The van der Waals surface area contributed by atoms with Crippen molar-refractivity contribution in [2.75, 3.05) is 13.1 Å². The van der Waals surface area contributed by atoms with Crippen LogP contribution in [-0.2, 0) is 20.9 Å². The van der Waals surface area contributed by atoms with Crippen LogP contribution in [0.1, 0.15) is 15.2 Å². The molecule has 138 valence electrons. The van der Waals surface area contributed by atoms with Crippen LogP contribution in [0.2, 0.25) is 0 Å². The molecular formula is C20H18N2O4S. The van der Waals surface area contributed by atoms with Crippen molar-refractivity contribution in [2.24, 2.45) is 0 Å². The first-order valence-corrected chi connectivity index (χ1v) is 9.21. The number of hydrogen-bond donors (Lipinski definition) is 2. The zero-order chi connectivity index (χ0) is 19.1. The van der Waals surface area contributed by atoms with E-state index in [2.05, 4.69) is 10.6 Å². The number of benzene rings is 2. The van der Waals surface area contributed by atoms with Crippen LogP contribution in [0.15, 0.2) is 60.0 Å². The maximum atomic E-state index is 11.8. The van der Waals surface area contributed by atoms with Gasteiger partial charge in [0.25, 0.3) is 5.91 Å². The van der Waals surface area contributed by atoms with Gasteiger partial charge in [-0.25, -0.2) is 0 Å². The Balaban J connectivity index is 1.38. The third-order valence-electron chi connectivity index (χ3n) is 3.80. The molecular weight excluding hydrogens is 364 g/mol. The number of thiophene rings is 1. The minimum atomic E-state index is -0.541. The molecule has 0 aliphatic carbocycles. The molecule has 0 fully saturated rings. The lowest BCUT2D eigenvalue weighted by Crippen LogP contribution is -2.39. The van der Waals surface area contributed by atoms with E-state index in [0.29, 0.717) is 4.88 Å². The van der Waals surface area contributed by atoms with E-state index in [-0.39, 0.29) is 25.6 Å². The SMILES string of the molecule is O=C(CNC(=O)c1cccs1)NCC(=O)OCc1ccc2ccccc2c1. The van der Waals surface area contributed by atoms with Gasteiger partial charge in [-0.05, 0) is 33.8 Å². The van der Waals surface area contributed by atoms with Crippen molar-refractivity contribution < 1.29 is 19.1 Å². The van der Waals surface area contributed by atoms with Gasteiger partial charge in [-0.2, -0.15) is 0 Å². The smallest absolute Gasteiger partial charge is 0.325 e. The second kappa shape index (κ2) is 8.95. The van der Waals surface area contributed by atoms with Crippen LogP contribution >= 0.6 is 11.3 Å². The summed E-state index contributed by atoms with van der Waals surface area (Å²) in [5.74, 6) is -1.32. The largest absolute Gasteiger partial charge is 0.460 e. The molecule has 0 unspecified atom stereocenters. The van der Waals surface area contributed by atoms with Crippen LogP contribution in [0.5, 0.6) is 0 Å². The number of carbonyl (C=O) groups is 3. The standard InChI is InChI=1S/C20H18N2O4S/c23-18(11-22-20(25)17-6-3-9-27-17)21-12-19(24)26-13-14-7-8-15-4-1-2-5-16(15)10-14/h1-10H,11-13H2,(H,21,23)(H,22,25). The van der Waals surface area contributed by atoms with Crippen LogP contribution in [0.4, 0.5) is 0 Å². The van der Waals surface area contributed by atoms with Crippen LogP contribution in [0.3, 0.4) is 0 Å². The zero-order valence-corrected chi connectivity index (χ0v) is 15.3. The Morgan fingerprint density at radius 1 is 0.889 bits per heavy atom. The van der Waals surface area contributed by atoms with Crippen LogP contribution in [-0.4, -0.2) is 30.9 Å². The Kier molecular flexibility index (Phi) is 6.17. The second-order valence-corrected chi connectivity index (χ2v) is 6.73. The number of fused-ring (bicyclic) bond motifs is 1. The minimum Gasteiger partial charge on any atom is -0.460 e. The quantitative estimate of drug-likeness (QED) is 0.615. The highest BCUT2D eigenvalue weighted by atomic mass is 32.1. The van der Waals surface area contributed by atoms with Crippen molar-refractivity contribution in [1.82, 2.24) is 10.6 Å². The molecule has 0 spiro atoms. The maximum Gasteiger partial charge on any atom is 0.325 e. The van der Waals surface area contributed by atoms with Crippen molar-refractivity contribution in [3.63, 3.8) is 0 Å². The Morgan fingerprint density at radius 3 is 2.48 bits per heavy atom. The van der Waals surface area contributed by atoms with Gasteiger partial charge in [0.05, 0.1) is 11.4 Å². The summed E-state index contributed by atoms with van der Waals surface area (Å²) in [4.78, 5) is 35.8. The number of nitrogens with one attached hydrogen (secondary N) is 2. The van der Waals surface area contributed by atoms with Crippen LogP contribution < -0.4 is 10.6 Å². The normalized spacial score (nSPS) is 10.4. The van der Waals surface area contributed by atoms with Gasteiger partial charge in [0, 0.05) is 0 Å². The molecule has 0 atom stereocenters. The van der Waals surface area contributed by atoms with E-state index in [1.165, 1.54) is 11.3 Å². The van der Waals surface area contributed by atoms with E-state index in [9.17, 15) is 14.4 Å². The summed E-state index contributed by atoms with van der Waals surface area (Å²) in [6.45, 7) is -0.315. The lowest BCUT2D eigenvalue weighted by Gasteiger charge is -2.08. The van der Waals surface area contributed by atoms with E-state index < -0.39 is 11.9 Å². The van der Waals surface area contributed by atoms with Crippen LogP contribution in [0.25, 0.3) is 10.8 Å². The second-order valence-electron chi connectivity index (χ2n) is 5.78. The fourth-order valence-corrected chi connectivity index (χ4v) is 3.07. The summed E-state index contributed by atoms with van der Waals surface area (Å²) in [5.41, 5.74) is 0.872. The monoisotopic (exact) mass is 382 g/mol. The third kappa shape index (κ3) is 5.39. The molecule has 1 heterocycles. The van der Waals surface area contributed by atoms with E-state index in [1.807, 2.05) is 42.5 Å². The van der Waals surface area contributed by atoms with Gasteiger partial charge in [0.15, 0.2) is 0 Å². The van der Waals surface area contributed by atoms with Gasteiger partial charge in [0.2, 0.25) is 5.91 Å². The first-order valence-electron chi connectivity index (χ1n) is 8.33. The first kappa shape index (κ1) is 18.6. The highest BCUT2D eigenvalue weighted by Gasteiger charge is 2.10. The lowest BCUT2D eigenvalue weighted by atomic mass is 10.1. The Labute approximate surface area is 160 Å². The van der Waals surface area contributed by atoms with Crippen molar-refractivity contribution >= 4 is 39.9 Å². The minimum absolute atomic E-state index is 0.134. The number of hydrogen-bond acceptors (Lipinski definition) is 5. The highest BCUT2D eigenvalue weighted by Crippen LogP contribution is 2.16. The van der Waals surface area contributed by atoms with Gasteiger partial charge in [0.1, 0.15) is 13.2 Å². The molecule has 27 heavy (non-hydrogen) atoms. The summed E-state index contributed by atoms with van der Waals surface area (Å²) in [6.07, 6.45) is 0. The molecule has 3 aromatic rings. The number of rotatable bonds is 7. The Morgan fingerprint density at radius 2 is 1.70 bits per heavy atom. The number of ether oxygens (including phenoxy) is 1. The molecule has 7 heteroatoms. The lowest BCUT2D eigenvalue weighted by molar-refractivity contribution is -0.145. The average molecular weight is 382 g/mol. The summed E-state index contributed by atoms with van der Waals surface area (Å²) >= 11 is 1.29. The zero-order valence-electron chi connectivity index (χ0n) is 14.4. The van der Waals surface area contributed by atoms with E-state index in [0.717, 1.165) is 16.3 Å². The number of esters is 1. The molecule has 2 N–H and O–H groups in total. The van der Waals surface area contributed by atoms with Crippen molar-refractivity contribution in [3.8, 4) is 0 Å². The summed E-state index contributed by atoms with van der Waals surface area (Å²) < 4.78 is 5.17. The summed E-state index contributed by atoms with van der Waals surface area (Å²) in [5, 5.41) is 8.88. The van der Waals surface area contributed by atoms with Crippen LogP contribution in [0, 0.1) is 0 Å². The molecule has 2 amide bonds. The first-order chi connectivity index (χ1) is 13.1. The summed E-state index contributed by atoms with van der Waals surface area (Å²) in [7, 11) is 0. The predicted octanol–water partition coefficient (Wildman–Crippen LogP) is 2.49. The van der Waals surface area contributed by atoms with Gasteiger partial charge in [-0.3, -0.25) is 14.4 Å². The van der Waals surface area contributed by atoms with E-state index in [4.69, 9.17) is 4.74 Å². The molecule has 2 aromatic carbocycles. The van der Waals surface area contributed by atoms with Gasteiger partial charge >= 0.3 is 5.97 Å². The molecule has 0 aliphatic heterocycles.